The van der Waals surface area contributed by atoms with Crippen LogP contribution in [0.4, 0.5) is 22.4 Å². The molecule has 1 aromatic heterocycles. The lowest BCUT2D eigenvalue weighted by Crippen LogP contribution is -2.38. The molecule has 2 atom stereocenters. The highest BCUT2D eigenvalue weighted by molar-refractivity contribution is 6.31. The number of alkyl halides is 3. The quantitative estimate of drug-likeness (QED) is 0.428. The van der Waals surface area contributed by atoms with Gasteiger partial charge in [0.05, 0.1) is 23.5 Å². The first-order valence-electron chi connectivity index (χ1n) is 9.97. The molecule has 0 aliphatic carbocycles. The molecule has 12 heteroatoms. The van der Waals surface area contributed by atoms with Crippen molar-refractivity contribution in [2.45, 2.75) is 44.5 Å². The summed E-state index contributed by atoms with van der Waals surface area (Å²) in [6, 6.07) is 4.17. The van der Waals surface area contributed by atoms with Crippen molar-refractivity contribution in [3.63, 3.8) is 0 Å². The summed E-state index contributed by atoms with van der Waals surface area (Å²) < 4.78 is 64.4. The van der Waals surface area contributed by atoms with E-state index in [0.717, 1.165) is 19.2 Å². The van der Waals surface area contributed by atoms with Crippen molar-refractivity contribution in [1.29, 1.82) is 0 Å². The van der Waals surface area contributed by atoms with Crippen LogP contribution in [0.2, 0.25) is 5.02 Å². The van der Waals surface area contributed by atoms with Gasteiger partial charge in [0, 0.05) is 12.1 Å². The van der Waals surface area contributed by atoms with Crippen LogP contribution >= 0.6 is 11.6 Å². The molecule has 0 saturated heterocycles. The standard InChI is InChI=1S/C22H24ClF4N3O4/c1-21(2,3)34-20(32)30-18(19(31)33-4)12-8-16(11-5-6-15(24)14(23)7-11)29-17(9-12)13(10-28)22(25,26)27/h5-9,13,18H,10,28H2,1-4H3,(H,30,32). The smallest absolute Gasteiger partial charge is 0.408 e. The number of hydrogen-bond acceptors (Lipinski definition) is 6. The zero-order chi connectivity index (χ0) is 25.8. The van der Waals surface area contributed by atoms with E-state index in [-0.39, 0.29) is 21.8 Å². The molecule has 2 rings (SSSR count). The fourth-order valence-corrected chi connectivity index (χ4v) is 3.15. The lowest BCUT2D eigenvalue weighted by atomic mass is 9.97. The number of pyridine rings is 1. The van der Waals surface area contributed by atoms with Gasteiger partial charge >= 0.3 is 18.2 Å². The Morgan fingerprint density at radius 3 is 2.32 bits per heavy atom. The second-order valence-corrected chi connectivity index (χ2v) is 8.68. The van der Waals surface area contributed by atoms with E-state index in [2.05, 4.69) is 10.3 Å². The molecule has 7 nitrogen and oxygen atoms in total. The summed E-state index contributed by atoms with van der Waals surface area (Å²) in [4.78, 5) is 28.8. The highest BCUT2D eigenvalue weighted by atomic mass is 35.5. The Labute approximate surface area is 198 Å². The van der Waals surface area contributed by atoms with E-state index in [1.165, 1.54) is 18.2 Å². The average molecular weight is 506 g/mol. The molecule has 1 aromatic carbocycles. The SMILES string of the molecule is COC(=O)C(NC(=O)OC(C)(C)C)c1cc(-c2ccc(F)c(Cl)c2)nc(C(CN)C(F)(F)F)c1. The number of methoxy groups -OCH3 is 1. The lowest BCUT2D eigenvalue weighted by Gasteiger charge is -2.24. The molecule has 2 aromatic rings. The number of rotatable bonds is 6. The first-order valence-corrected chi connectivity index (χ1v) is 10.4. The van der Waals surface area contributed by atoms with Crippen LogP contribution in [-0.2, 0) is 14.3 Å². The fourth-order valence-electron chi connectivity index (χ4n) is 2.97. The molecule has 186 valence electrons. The zero-order valence-electron chi connectivity index (χ0n) is 18.8. The minimum absolute atomic E-state index is 0.0583. The fraction of sp³-hybridized carbons (Fsp3) is 0.409. The van der Waals surface area contributed by atoms with Gasteiger partial charge < -0.3 is 20.5 Å². The summed E-state index contributed by atoms with van der Waals surface area (Å²) in [6.45, 7) is 3.95. The molecule has 0 spiro atoms. The van der Waals surface area contributed by atoms with Gasteiger partial charge in [-0.1, -0.05) is 11.6 Å². The van der Waals surface area contributed by atoms with Crippen molar-refractivity contribution < 1.29 is 36.6 Å². The Kier molecular flexibility index (Phi) is 8.49. The molecule has 0 bridgehead atoms. The van der Waals surface area contributed by atoms with E-state index >= 15 is 0 Å². The maximum atomic E-state index is 13.6. The Morgan fingerprint density at radius 2 is 1.82 bits per heavy atom. The van der Waals surface area contributed by atoms with Crippen LogP contribution in [0.1, 0.15) is 44.0 Å². The Hall–Kier alpha value is -2.92. The van der Waals surface area contributed by atoms with Crippen LogP contribution < -0.4 is 11.1 Å². The molecule has 3 N–H and O–H groups in total. The number of hydrogen-bond donors (Lipinski definition) is 2. The number of aromatic nitrogens is 1. The molecule has 0 aliphatic rings. The third-order valence-electron chi connectivity index (χ3n) is 4.50. The van der Waals surface area contributed by atoms with E-state index in [1.54, 1.807) is 20.8 Å². The monoisotopic (exact) mass is 505 g/mol. The summed E-state index contributed by atoms with van der Waals surface area (Å²) in [6.07, 6.45) is -5.75. The highest BCUT2D eigenvalue weighted by Crippen LogP contribution is 2.36. The van der Waals surface area contributed by atoms with Crippen molar-refractivity contribution in [2.75, 3.05) is 13.7 Å². The van der Waals surface area contributed by atoms with Gasteiger partial charge in [-0.15, -0.1) is 0 Å². The van der Waals surface area contributed by atoms with Crippen LogP contribution in [0.3, 0.4) is 0 Å². The van der Waals surface area contributed by atoms with Gasteiger partial charge in [-0.3, -0.25) is 4.98 Å². The van der Waals surface area contributed by atoms with Crippen molar-refractivity contribution >= 4 is 23.7 Å². The van der Waals surface area contributed by atoms with Gasteiger partial charge in [0.1, 0.15) is 17.3 Å². The van der Waals surface area contributed by atoms with E-state index in [0.29, 0.717) is 0 Å². The predicted octanol–water partition coefficient (Wildman–Crippen LogP) is 4.88. The normalized spacial score (nSPS) is 13.7. The van der Waals surface area contributed by atoms with Crippen LogP contribution in [0.5, 0.6) is 0 Å². The number of halogens is 5. The number of ether oxygens (including phenoxy) is 2. The van der Waals surface area contributed by atoms with Crippen molar-refractivity contribution in [3.05, 3.63) is 52.4 Å². The van der Waals surface area contributed by atoms with Gasteiger partial charge in [-0.05, 0) is 56.7 Å². The average Bonchev–Trinajstić information content (AvgIpc) is 2.71. The minimum atomic E-state index is -4.75. The Morgan fingerprint density at radius 1 is 1.18 bits per heavy atom. The molecule has 0 radical (unpaired) electrons. The summed E-state index contributed by atoms with van der Waals surface area (Å²) in [5, 5.41) is 2.02. The predicted molar refractivity (Wildman–Crippen MR) is 117 cm³/mol. The Balaban J connectivity index is 2.69. The number of nitrogens with zero attached hydrogens (tertiary/aromatic N) is 1. The Bertz CT molecular complexity index is 1060. The van der Waals surface area contributed by atoms with Gasteiger partial charge in [0.2, 0.25) is 0 Å². The molecule has 1 amide bonds. The summed E-state index contributed by atoms with van der Waals surface area (Å²) in [5.74, 6) is -3.89. The molecule has 0 fully saturated rings. The largest absolute Gasteiger partial charge is 0.467 e. The molecular formula is C22H24ClF4N3O4. The van der Waals surface area contributed by atoms with Gasteiger partial charge in [-0.25, -0.2) is 14.0 Å². The zero-order valence-corrected chi connectivity index (χ0v) is 19.6. The second kappa shape index (κ2) is 10.6. The van der Waals surface area contributed by atoms with E-state index in [4.69, 9.17) is 26.8 Å². The minimum Gasteiger partial charge on any atom is -0.467 e. The van der Waals surface area contributed by atoms with E-state index in [9.17, 15) is 27.2 Å². The number of amides is 1. The van der Waals surface area contributed by atoms with Crippen molar-refractivity contribution in [2.24, 2.45) is 5.73 Å². The van der Waals surface area contributed by atoms with Crippen molar-refractivity contribution in [1.82, 2.24) is 10.3 Å². The molecule has 0 aliphatic heterocycles. The number of esters is 1. The molecule has 34 heavy (non-hydrogen) atoms. The topological polar surface area (TPSA) is 104 Å². The number of carbonyl (C=O) groups is 2. The van der Waals surface area contributed by atoms with E-state index < -0.39 is 53.9 Å². The molecule has 1 heterocycles. The number of nitrogens with one attached hydrogen (secondary N) is 1. The summed E-state index contributed by atoms with van der Waals surface area (Å²) >= 11 is 5.82. The van der Waals surface area contributed by atoms with Crippen LogP contribution in [0.25, 0.3) is 11.3 Å². The first-order chi connectivity index (χ1) is 15.7. The second-order valence-electron chi connectivity index (χ2n) is 8.27. The number of alkyl carbamates (subject to hydrolysis) is 1. The highest BCUT2D eigenvalue weighted by Gasteiger charge is 2.41. The van der Waals surface area contributed by atoms with Crippen LogP contribution in [0, 0.1) is 5.82 Å². The molecular weight excluding hydrogens is 482 g/mol. The first kappa shape index (κ1) is 27.3. The lowest BCUT2D eigenvalue weighted by molar-refractivity contribution is -0.148. The third-order valence-corrected chi connectivity index (χ3v) is 4.79. The van der Waals surface area contributed by atoms with Crippen LogP contribution in [-0.4, -0.2) is 42.5 Å². The van der Waals surface area contributed by atoms with Crippen molar-refractivity contribution in [3.8, 4) is 11.3 Å². The number of benzene rings is 1. The number of carbonyl (C=O) groups excluding carboxylic acids is 2. The van der Waals surface area contributed by atoms with E-state index in [1.807, 2.05) is 0 Å². The maximum absolute atomic E-state index is 13.6. The summed E-state index contributed by atoms with van der Waals surface area (Å²) in [5.41, 5.74) is 3.98. The van der Waals surface area contributed by atoms with Crippen LogP contribution in [0.15, 0.2) is 30.3 Å². The number of nitrogens with two attached hydrogens (primary N) is 1. The summed E-state index contributed by atoms with van der Waals surface area (Å²) in [7, 11) is 1.05. The maximum Gasteiger partial charge on any atom is 0.408 e. The van der Waals surface area contributed by atoms with Gasteiger partial charge in [0.15, 0.2) is 6.04 Å². The molecule has 0 saturated carbocycles. The third kappa shape index (κ3) is 7.04. The van der Waals surface area contributed by atoms with Gasteiger partial charge in [-0.2, -0.15) is 13.2 Å². The van der Waals surface area contributed by atoms with Gasteiger partial charge in [0.25, 0.3) is 0 Å². The molecule has 2 unspecified atom stereocenters.